The second-order valence-corrected chi connectivity index (χ2v) is 10.8. The van der Waals surface area contributed by atoms with E-state index >= 15 is 0 Å². The molecular formula is C34H21BN2OS. The molecule has 0 spiro atoms. The standard InChI is InChI=1S/C34H21BN2OS/c1-3-12-22(13-4-1)36-26-18-11-19-27-30(26)35(33-31(36)24-16-7-9-20-28(24)38-33)34-32(25-17-8-10-21-29(25)39-34)37(27)23-14-5-2-6-15-23/h1-21H/i2D,5D,6D,14D,15D. The molecule has 4 heterocycles. The van der Waals surface area contributed by atoms with Crippen LogP contribution in [0.25, 0.3) is 21.1 Å². The van der Waals surface area contributed by atoms with E-state index in [1.165, 1.54) is 0 Å². The molecule has 3 nitrogen and oxygen atoms in total. The zero-order valence-electron chi connectivity index (χ0n) is 25.5. The van der Waals surface area contributed by atoms with Crippen molar-refractivity contribution in [2.75, 3.05) is 9.80 Å². The maximum atomic E-state index is 9.00. The van der Waals surface area contributed by atoms with E-state index in [4.69, 9.17) is 11.3 Å². The molecule has 0 amide bonds. The number of anilines is 6. The molecule has 7 aromatic rings. The molecule has 2 aromatic heterocycles. The van der Waals surface area contributed by atoms with E-state index in [2.05, 4.69) is 35.2 Å². The Labute approximate surface area is 237 Å². The number of hydrogen-bond donors (Lipinski definition) is 0. The van der Waals surface area contributed by atoms with Gasteiger partial charge in [-0.25, -0.2) is 0 Å². The lowest BCUT2D eigenvalue weighted by Crippen LogP contribution is -2.60. The first-order chi connectivity index (χ1) is 21.5. The van der Waals surface area contributed by atoms with Gasteiger partial charge in [0.1, 0.15) is 11.2 Å². The zero-order chi connectivity index (χ0) is 29.9. The van der Waals surface area contributed by atoms with Crippen molar-refractivity contribution in [2.45, 2.75) is 0 Å². The van der Waals surface area contributed by atoms with Crippen LogP contribution in [0, 0.1) is 0 Å². The quantitative estimate of drug-likeness (QED) is 0.217. The minimum atomic E-state index is -0.411. The summed E-state index contributed by atoms with van der Waals surface area (Å²) in [6.45, 7) is -0.267. The average molecular weight is 521 g/mol. The highest BCUT2D eigenvalue weighted by Crippen LogP contribution is 2.48. The van der Waals surface area contributed by atoms with E-state index in [9.17, 15) is 0 Å². The van der Waals surface area contributed by atoms with E-state index in [-0.39, 0.29) is 36.6 Å². The zero-order valence-corrected chi connectivity index (χ0v) is 21.3. The van der Waals surface area contributed by atoms with Gasteiger partial charge in [0.25, 0.3) is 0 Å². The van der Waals surface area contributed by atoms with Crippen LogP contribution in [0.1, 0.15) is 6.85 Å². The number of nitrogens with zero attached hydrogens (tertiary/aromatic N) is 2. The second kappa shape index (κ2) is 7.89. The van der Waals surface area contributed by atoms with Crippen LogP contribution in [-0.4, -0.2) is 6.71 Å². The van der Waals surface area contributed by atoms with E-state index in [0.29, 0.717) is 0 Å². The van der Waals surface area contributed by atoms with Crippen molar-refractivity contribution in [3.8, 4) is 0 Å². The van der Waals surface area contributed by atoms with Crippen LogP contribution >= 0.6 is 11.3 Å². The van der Waals surface area contributed by atoms with E-state index in [0.717, 1.165) is 65.4 Å². The van der Waals surface area contributed by atoms with Crippen molar-refractivity contribution in [2.24, 2.45) is 0 Å². The molecule has 0 bridgehead atoms. The molecule has 0 fully saturated rings. The highest BCUT2D eigenvalue weighted by molar-refractivity contribution is 7.33. The van der Waals surface area contributed by atoms with Crippen LogP contribution in [0.3, 0.4) is 0 Å². The molecule has 182 valence electrons. The summed E-state index contributed by atoms with van der Waals surface area (Å²) >= 11 is 1.66. The Kier molecular flexibility index (Phi) is 3.43. The first-order valence-corrected chi connectivity index (χ1v) is 13.7. The Morgan fingerprint density at radius 2 is 1.33 bits per heavy atom. The topological polar surface area (TPSA) is 19.6 Å². The summed E-state index contributed by atoms with van der Waals surface area (Å²) in [7, 11) is 0. The van der Waals surface area contributed by atoms with Crippen LogP contribution in [0.4, 0.5) is 34.1 Å². The summed E-state index contributed by atoms with van der Waals surface area (Å²) in [5.41, 5.74) is 7.21. The molecule has 9 rings (SSSR count). The van der Waals surface area contributed by atoms with Gasteiger partial charge in [0.2, 0.25) is 0 Å². The molecule has 0 saturated carbocycles. The van der Waals surface area contributed by atoms with Crippen molar-refractivity contribution in [1.29, 1.82) is 0 Å². The fourth-order valence-electron chi connectivity index (χ4n) is 6.24. The molecule has 0 radical (unpaired) electrons. The normalized spacial score (nSPS) is 15.3. The third kappa shape index (κ3) is 2.83. The fourth-order valence-corrected chi connectivity index (χ4v) is 7.53. The van der Waals surface area contributed by atoms with Gasteiger partial charge in [0.05, 0.1) is 18.2 Å². The van der Waals surface area contributed by atoms with Gasteiger partial charge in [-0.05, 0) is 60.0 Å². The molecule has 5 aromatic carbocycles. The molecule has 0 aliphatic carbocycles. The minimum Gasteiger partial charge on any atom is -0.468 e. The van der Waals surface area contributed by atoms with Crippen molar-refractivity contribution in [1.82, 2.24) is 0 Å². The lowest BCUT2D eigenvalue weighted by Gasteiger charge is -2.41. The molecule has 5 heteroatoms. The van der Waals surface area contributed by atoms with Gasteiger partial charge in [-0.3, -0.25) is 0 Å². The summed E-state index contributed by atoms with van der Waals surface area (Å²) in [4.78, 5) is 4.12. The maximum absolute atomic E-state index is 9.00. The third-order valence-corrected chi connectivity index (χ3v) is 8.94. The first-order valence-electron chi connectivity index (χ1n) is 15.3. The number of thiophene rings is 1. The second-order valence-electron chi connectivity index (χ2n) is 9.75. The Bertz CT molecular complexity index is 2310. The monoisotopic (exact) mass is 521 g/mol. The van der Waals surface area contributed by atoms with Gasteiger partial charge in [0, 0.05) is 43.0 Å². The van der Waals surface area contributed by atoms with Crippen LogP contribution in [0.2, 0.25) is 0 Å². The van der Waals surface area contributed by atoms with Gasteiger partial charge in [-0.1, -0.05) is 72.7 Å². The van der Waals surface area contributed by atoms with E-state index < -0.39 is 6.04 Å². The summed E-state index contributed by atoms with van der Waals surface area (Å²) in [5, 5.41) is 1.97. The Morgan fingerprint density at radius 3 is 2.15 bits per heavy atom. The van der Waals surface area contributed by atoms with Crippen LogP contribution < -0.4 is 25.7 Å². The van der Waals surface area contributed by atoms with E-state index in [1.54, 1.807) is 11.3 Å². The van der Waals surface area contributed by atoms with Crippen LogP contribution in [0.15, 0.2) is 132 Å². The van der Waals surface area contributed by atoms with Crippen LogP contribution in [0.5, 0.6) is 0 Å². The summed E-state index contributed by atoms with van der Waals surface area (Å²) in [6, 6.07) is 30.8. The number of hydrogen-bond acceptors (Lipinski definition) is 4. The smallest absolute Gasteiger partial charge is 0.309 e. The van der Waals surface area contributed by atoms with Crippen molar-refractivity contribution >= 4 is 89.1 Å². The van der Waals surface area contributed by atoms with Crippen molar-refractivity contribution in [3.63, 3.8) is 0 Å². The molecule has 2 aliphatic heterocycles. The highest BCUT2D eigenvalue weighted by atomic mass is 32.1. The molecule has 0 N–H and O–H groups in total. The van der Waals surface area contributed by atoms with Gasteiger partial charge in [-0.15, -0.1) is 11.3 Å². The van der Waals surface area contributed by atoms with E-state index in [1.807, 2.05) is 71.6 Å². The molecular weight excluding hydrogens is 495 g/mol. The summed E-state index contributed by atoms with van der Waals surface area (Å²) in [5.74, 6) is 0. The first kappa shape index (κ1) is 17.0. The lowest BCUT2D eigenvalue weighted by atomic mass is 9.38. The Hall–Kier alpha value is -4.74. The Balaban J connectivity index is 1.46. The molecule has 0 saturated heterocycles. The van der Waals surface area contributed by atoms with Gasteiger partial charge in [-0.2, -0.15) is 0 Å². The molecule has 2 aliphatic rings. The lowest BCUT2D eigenvalue weighted by molar-refractivity contribution is 0.651. The molecule has 0 unspecified atom stereocenters. The molecule has 0 atom stereocenters. The fraction of sp³-hybridized carbons (Fsp3) is 0. The van der Waals surface area contributed by atoms with Crippen molar-refractivity contribution in [3.05, 3.63) is 127 Å². The average Bonchev–Trinajstić information content (AvgIpc) is 3.63. The Morgan fingerprint density at radius 1 is 0.641 bits per heavy atom. The largest absolute Gasteiger partial charge is 0.468 e. The summed E-state index contributed by atoms with van der Waals surface area (Å²) in [6.07, 6.45) is 0. The highest BCUT2D eigenvalue weighted by Gasteiger charge is 2.47. The third-order valence-electron chi connectivity index (χ3n) is 7.72. The van der Waals surface area contributed by atoms with Gasteiger partial charge >= 0.3 is 6.71 Å². The molecule has 39 heavy (non-hydrogen) atoms. The predicted molar refractivity (Wildman–Crippen MR) is 166 cm³/mol. The van der Waals surface area contributed by atoms with Gasteiger partial charge < -0.3 is 14.2 Å². The SMILES string of the molecule is [2H]c1c([2H])c([2H])c(N2c3cccc4c3B(c3oc5ccccc5c3N4c3ccccc3)c3sc4ccccc4c32)c([2H])c1[2H]. The maximum Gasteiger partial charge on any atom is 0.309 e. The number of rotatable bonds is 2. The number of fused-ring (bicyclic) bond motifs is 8. The number of para-hydroxylation sites is 3. The van der Waals surface area contributed by atoms with Crippen molar-refractivity contribution < 1.29 is 11.3 Å². The minimum absolute atomic E-state index is 0.134. The number of furan rings is 1. The van der Waals surface area contributed by atoms with Crippen LogP contribution in [-0.2, 0) is 0 Å². The number of benzene rings is 5. The summed E-state index contributed by atoms with van der Waals surface area (Å²) < 4.78 is 52.2. The van der Waals surface area contributed by atoms with Gasteiger partial charge in [0.15, 0.2) is 0 Å². The predicted octanol–water partition coefficient (Wildman–Crippen LogP) is 7.73.